The number of rotatable bonds is 10. The van der Waals surface area contributed by atoms with Gasteiger partial charge in [0.05, 0.1) is 13.2 Å². The van der Waals surface area contributed by atoms with Gasteiger partial charge in [0.1, 0.15) is 17.7 Å². The van der Waals surface area contributed by atoms with Gasteiger partial charge in [-0.1, -0.05) is 12.1 Å². The van der Waals surface area contributed by atoms with E-state index in [2.05, 4.69) is 17.6 Å². The Kier molecular flexibility index (Phi) is 8.13. The second kappa shape index (κ2) is 11.3. The number of halogens is 2. The summed E-state index contributed by atoms with van der Waals surface area (Å²) in [6.45, 7) is 4.95. The highest BCUT2D eigenvalue weighted by Gasteiger charge is 2.50. The molecule has 1 aliphatic carbocycles. The van der Waals surface area contributed by atoms with Gasteiger partial charge < -0.3 is 20.3 Å². The van der Waals surface area contributed by atoms with Crippen molar-refractivity contribution in [1.82, 2.24) is 15.5 Å². The van der Waals surface area contributed by atoms with Crippen LogP contribution in [0.25, 0.3) is 0 Å². The minimum absolute atomic E-state index is 0.00233. The predicted octanol–water partition coefficient (Wildman–Crippen LogP) is 3.63. The number of morpholine rings is 1. The van der Waals surface area contributed by atoms with Crippen LogP contribution in [0.3, 0.4) is 0 Å². The molecular formula is C27H33F2N3O3. The van der Waals surface area contributed by atoms with E-state index in [0.29, 0.717) is 44.2 Å². The Morgan fingerprint density at radius 3 is 2.31 bits per heavy atom. The van der Waals surface area contributed by atoms with Crippen LogP contribution in [0, 0.1) is 11.6 Å². The smallest absolute Gasteiger partial charge is 0.251 e. The summed E-state index contributed by atoms with van der Waals surface area (Å²) < 4.78 is 31.8. The van der Waals surface area contributed by atoms with Gasteiger partial charge in [-0.15, -0.1) is 0 Å². The van der Waals surface area contributed by atoms with Gasteiger partial charge >= 0.3 is 0 Å². The molecular weight excluding hydrogens is 452 g/mol. The second-order valence-corrected chi connectivity index (χ2v) is 9.62. The Morgan fingerprint density at radius 2 is 1.66 bits per heavy atom. The van der Waals surface area contributed by atoms with Gasteiger partial charge in [0.25, 0.3) is 5.91 Å². The van der Waals surface area contributed by atoms with Crippen molar-refractivity contribution in [1.29, 1.82) is 0 Å². The third-order valence-corrected chi connectivity index (χ3v) is 6.99. The summed E-state index contributed by atoms with van der Waals surface area (Å²) in [5.41, 5.74) is 1.46. The number of carbonyl (C=O) groups excluding carboxylic acids is 2. The molecule has 2 N–H and O–H groups in total. The van der Waals surface area contributed by atoms with Crippen LogP contribution < -0.4 is 10.6 Å². The molecule has 0 radical (unpaired) electrons. The Labute approximate surface area is 205 Å². The van der Waals surface area contributed by atoms with Crippen LogP contribution in [0.4, 0.5) is 8.78 Å². The van der Waals surface area contributed by atoms with E-state index in [-0.39, 0.29) is 23.2 Å². The zero-order valence-electron chi connectivity index (χ0n) is 20.1. The Morgan fingerprint density at radius 1 is 1.03 bits per heavy atom. The van der Waals surface area contributed by atoms with Crippen molar-refractivity contribution in [3.05, 3.63) is 71.3 Å². The summed E-state index contributed by atoms with van der Waals surface area (Å²) in [6, 6.07) is 11.3. The van der Waals surface area contributed by atoms with E-state index in [1.807, 2.05) is 12.1 Å². The first-order valence-corrected chi connectivity index (χ1v) is 12.3. The number of amides is 2. The van der Waals surface area contributed by atoms with Crippen molar-refractivity contribution in [2.75, 3.05) is 32.8 Å². The molecule has 1 saturated heterocycles. The van der Waals surface area contributed by atoms with Crippen LogP contribution in [-0.4, -0.2) is 61.1 Å². The molecule has 2 aromatic carbocycles. The number of unbranched alkanes of at least 4 members (excludes halogenated alkanes) is 1. The van der Waals surface area contributed by atoms with Gasteiger partial charge in [-0.05, 0) is 81.1 Å². The van der Waals surface area contributed by atoms with E-state index < -0.39 is 11.9 Å². The first-order chi connectivity index (χ1) is 16.9. The average Bonchev–Trinajstić information content (AvgIpc) is 3.55. The number of nitrogens with one attached hydrogen (secondary N) is 2. The molecule has 2 aromatic rings. The molecule has 0 spiro atoms. The quantitative estimate of drug-likeness (QED) is 0.505. The third-order valence-electron chi connectivity index (χ3n) is 6.99. The number of hydrogen-bond donors (Lipinski definition) is 2. The van der Waals surface area contributed by atoms with Gasteiger partial charge in [-0.2, -0.15) is 0 Å². The Hall–Kier alpha value is -2.84. The third kappa shape index (κ3) is 6.64. The molecule has 3 atom stereocenters. The second-order valence-electron chi connectivity index (χ2n) is 9.62. The zero-order chi connectivity index (χ0) is 24.8. The summed E-state index contributed by atoms with van der Waals surface area (Å²) in [7, 11) is 0. The number of carbonyl (C=O) groups is 2. The lowest BCUT2D eigenvalue weighted by molar-refractivity contribution is -0.137. The monoisotopic (exact) mass is 485 g/mol. The number of ether oxygens (including phenoxy) is 1. The molecule has 1 unspecified atom stereocenters. The fourth-order valence-corrected chi connectivity index (χ4v) is 4.69. The van der Waals surface area contributed by atoms with Crippen molar-refractivity contribution in [3.8, 4) is 0 Å². The van der Waals surface area contributed by atoms with Crippen LogP contribution in [0.2, 0.25) is 0 Å². The van der Waals surface area contributed by atoms with Crippen LogP contribution in [0.1, 0.15) is 54.4 Å². The molecule has 1 heterocycles. The minimum atomic E-state index is -0.644. The number of benzene rings is 2. The fraction of sp³-hybridized carbons (Fsp3) is 0.481. The van der Waals surface area contributed by atoms with E-state index in [1.165, 1.54) is 36.4 Å². The van der Waals surface area contributed by atoms with Crippen molar-refractivity contribution >= 4 is 11.8 Å². The van der Waals surface area contributed by atoms with Crippen molar-refractivity contribution in [3.63, 3.8) is 0 Å². The minimum Gasteiger partial charge on any atom is -0.378 e. The van der Waals surface area contributed by atoms with E-state index >= 15 is 0 Å². The average molecular weight is 486 g/mol. The maximum absolute atomic E-state index is 13.2. The first kappa shape index (κ1) is 25.3. The molecule has 4 rings (SSSR count). The SMILES string of the molecule is CC1(NCCCC[C@H](NC(=O)c2ccc(F)cc2)C(=O)N2CCOCC2)C[C@H]1c1ccc(F)cc1. The van der Waals surface area contributed by atoms with E-state index in [0.717, 1.165) is 31.4 Å². The largest absolute Gasteiger partial charge is 0.378 e. The molecule has 0 bridgehead atoms. The van der Waals surface area contributed by atoms with E-state index in [9.17, 15) is 18.4 Å². The Bertz CT molecular complexity index is 1010. The topological polar surface area (TPSA) is 70.7 Å². The molecule has 2 amide bonds. The lowest BCUT2D eigenvalue weighted by Gasteiger charge is -2.31. The van der Waals surface area contributed by atoms with Crippen molar-refractivity contribution < 1.29 is 23.1 Å². The predicted molar refractivity (Wildman–Crippen MR) is 129 cm³/mol. The molecule has 35 heavy (non-hydrogen) atoms. The van der Waals surface area contributed by atoms with Crippen LogP contribution in [0.5, 0.6) is 0 Å². The molecule has 0 aromatic heterocycles. The Balaban J connectivity index is 1.27. The summed E-state index contributed by atoms with van der Waals surface area (Å²) in [5, 5.41) is 6.46. The molecule has 2 aliphatic rings. The van der Waals surface area contributed by atoms with Gasteiger partial charge in [-0.25, -0.2) is 8.78 Å². The highest BCUT2D eigenvalue weighted by molar-refractivity contribution is 5.97. The maximum Gasteiger partial charge on any atom is 0.251 e. The number of nitrogens with zero attached hydrogens (tertiary/aromatic N) is 1. The highest BCUT2D eigenvalue weighted by atomic mass is 19.1. The molecule has 2 fully saturated rings. The van der Waals surface area contributed by atoms with Gasteiger partial charge in [0.2, 0.25) is 5.91 Å². The van der Waals surface area contributed by atoms with Crippen molar-refractivity contribution in [2.24, 2.45) is 0 Å². The first-order valence-electron chi connectivity index (χ1n) is 12.3. The summed E-state index contributed by atoms with van der Waals surface area (Å²) in [4.78, 5) is 27.6. The van der Waals surface area contributed by atoms with Crippen LogP contribution >= 0.6 is 0 Å². The zero-order valence-corrected chi connectivity index (χ0v) is 20.1. The standard InChI is InChI=1S/C27H33F2N3O3/c1-27(18-23(27)19-5-9-21(28)10-6-19)30-13-3-2-4-24(26(34)32-14-16-35-17-15-32)31-25(33)20-7-11-22(29)12-8-20/h5-12,23-24,30H,2-4,13-18H2,1H3,(H,31,33)/t23-,24-,27?/m0/s1. The lowest BCUT2D eigenvalue weighted by Crippen LogP contribution is -2.51. The molecule has 6 nitrogen and oxygen atoms in total. The fourth-order valence-electron chi connectivity index (χ4n) is 4.69. The lowest BCUT2D eigenvalue weighted by atomic mass is 10.1. The molecule has 188 valence electrons. The van der Waals surface area contributed by atoms with Crippen molar-refractivity contribution in [2.45, 2.75) is 50.1 Å². The van der Waals surface area contributed by atoms with Crippen LogP contribution in [0.15, 0.2) is 48.5 Å². The van der Waals surface area contributed by atoms with E-state index in [1.54, 1.807) is 4.90 Å². The summed E-state index contributed by atoms with van der Waals surface area (Å²) in [5.74, 6) is -0.767. The molecule has 8 heteroatoms. The number of hydrogen-bond acceptors (Lipinski definition) is 4. The normalized spacial score (nSPS) is 22.5. The van der Waals surface area contributed by atoms with Crippen LogP contribution in [-0.2, 0) is 9.53 Å². The van der Waals surface area contributed by atoms with Gasteiger partial charge in [-0.3, -0.25) is 9.59 Å². The highest BCUT2D eigenvalue weighted by Crippen LogP contribution is 2.51. The maximum atomic E-state index is 13.2. The summed E-state index contributed by atoms with van der Waals surface area (Å²) in [6.07, 6.45) is 3.13. The summed E-state index contributed by atoms with van der Waals surface area (Å²) >= 11 is 0. The molecule has 1 saturated carbocycles. The molecule has 1 aliphatic heterocycles. The van der Waals surface area contributed by atoms with Gasteiger partial charge in [0.15, 0.2) is 0 Å². The van der Waals surface area contributed by atoms with Gasteiger partial charge in [0, 0.05) is 30.1 Å². The van der Waals surface area contributed by atoms with E-state index in [4.69, 9.17) is 4.74 Å².